The van der Waals surface area contributed by atoms with Gasteiger partial charge in [0.25, 0.3) is 0 Å². The van der Waals surface area contributed by atoms with Crippen molar-refractivity contribution in [2.75, 3.05) is 6.54 Å². The Morgan fingerprint density at radius 3 is 2.67 bits per heavy atom. The van der Waals surface area contributed by atoms with Crippen molar-refractivity contribution in [3.8, 4) is 0 Å². The average Bonchev–Trinajstić information content (AvgIpc) is 2.59. The molecular weight excluding hydrogens is 330 g/mol. The minimum atomic E-state index is -1.09. The highest BCUT2D eigenvalue weighted by Crippen LogP contribution is 2.32. The van der Waals surface area contributed by atoms with Crippen LogP contribution in [-0.2, 0) is 22.6 Å². The second-order valence-electron chi connectivity index (χ2n) is 5.57. The maximum absolute atomic E-state index is 12.4. The van der Waals surface area contributed by atoms with Gasteiger partial charge in [0.2, 0.25) is 0 Å². The van der Waals surface area contributed by atoms with Crippen molar-refractivity contribution in [2.24, 2.45) is 0 Å². The highest BCUT2D eigenvalue weighted by atomic mass is 35.5. The minimum Gasteiger partial charge on any atom is -0.479 e. The van der Waals surface area contributed by atoms with E-state index in [0.29, 0.717) is 17.0 Å². The predicted octanol–water partition coefficient (Wildman–Crippen LogP) is 3.66. The lowest BCUT2D eigenvalue weighted by Crippen LogP contribution is -2.43. The highest BCUT2D eigenvalue weighted by molar-refractivity contribution is 6.30. The van der Waals surface area contributed by atoms with E-state index in [0.717, 1.165) is 11.1 Å². The Hall–Kier alpha value is -2.53. The second kappa shape index (κ2) is 6.93. The number of nitrogens with zero attached hydrogens (tertiary/aromatic N) is 1. The lowest BCUT2D eigenvalue weighted by molar-refractivity contribution is -0.143. The first-order valence-corrected chi connectivity index (χ1v) is 7.92. The molecule has 1 amide bonds. The van der Waals surface area contributed by atoms with Crippen LogP contribution in [0, 0.1) is 0 Å². The Bertz CT molecular complexity index is 763. The Morgan fingerprint density at radius 2 is 1.96 bits per heavy atom. The Kier molecular flexibility index (Phi) is 4.71. The normalized spacial score (nSPS) is 16.4. The van der Waals surface area contributed by atoms with Crippen molar-refractivity contribution >= 4 is 23.7 Å². The molecule has 1 heterocycles. The summed E-state index contributed by atoms with van der Waals surface area (Å²) in [6.07, 6.45) is -0.0908. The summed E-state index contributed by atoms with van der Waals surface area (Å²) >= 11 is 5.97. The Balaban J connectivity index is 1.78. The lowest BCUT2D eigenvalue weighted by atomic mass is 9.93. The van der Waals surface area contributed by atoms with Gasteiger partial charge in [-0.15, -0.1) is 0 Å². The molecule has 1 aliphatic rings. The maximum atomic E-state index is 12.4. The first-order valence-electron chi connectivity index (χ1n) is 7.54. The first kappa shape index (κ1) is 16.3. The molecule has 2 aromatic rings. The molecular formula is C18H16ClNO4. The molecule has 5 nitrogen and oxygen atoms in total. The van der Waals surface area contributed by atoms with Crippen molar-refractivity contribution in [1.29, 1.82) is 0 Å². The molecule has 2 aromatic carbocycles. The smallest absolute Gasteiger partial charge is 0.411 e. The van der Waals surface area contributed by atoms with Crippen LogP contribution in [0.2, 0.25) is 5.02 Å². The molecule has 24 heavy (non-hydrogen) atoms. The number of ether oxygens (including phenoxy) is 1. The van der Waals surface area contributed by atoms with Crippen molar-refractivity contribution in [3.63, 3.8) is 0 Å². The van der Waals surface area contributed by atoms with Crippen LogP contribution in [0.15, 0.2) is 48.5 Å². The molecule has 3 rings (SSSR count). The van der Waals surface area contributed by atoms with Crippen LogP contribution in [-0.4, -0.2) is 28.6 Å². The summed E-state index contributed by atoms with van der Waals surface area (Å²) in [6, 6.07) is 13.2. The zero-order valence-electron chi connectivity index (χ0n) is 12.8. The molecule has 1 N–H and O–H groups in total. The first-order chi connectivity index (χ1) is 11.6. The third-order valence-corrected chi connectivity index (χ3v) is 4.24. The summed E-state index contributed by atoms with van der Waals surface area (Å²) in [5, 5.41) is 10.1. The molecule has 0 fully saturated rings. The number of halogens is 1. The summed E-state index contributed by atoms with van der Waals surface area (Å²) < 4.78 is 5.28. The maximum Gasteiger partial charge on any atom is 0.411 e. The van der Waals surface area contributed by atoms with Crippen LogP contribution < -0.4 is 0 Å². The van der Waals surface area contributed by atoms with Gasteiger partial charge in [0.15, 0.2) is 6.04 Å². The summed E-state index contributed by atoms with van der Waals surface area (Å²) in [5.41, 5.74) is 2.28. The van der Waals surface area contributed by atoms with E-state index in [1.807, 2.05) is 30.3 Å². The number of carbonyl (C=O) groups is 2. The van der Waals surface area contributed by atoms with E-state index in [2.05, 4.69) is 0 Å². The lowest BCUT2D eigenvalue weighted by Gasteiger charge is -2.34. The van der Waals surface area contributed by atoms with Gasteiger partial charge in [-0.05, 0) is 35.2 Å². The van der Waals surface area contributed by atoms with Gasteiger partial charge in [0.1, 0.15) is 6.61 Å². The second-order valence-corrected chi connectivity index (χ2v) is 6.00. The number of aliphatic carboxylic acids is 1. The zero-order valence-corrected chi connectivity index (χ0v) is 13.6. The van der Waals surface area contributed by atoms with Crippen LogP contribution in [0.5, 0.6) is 0 Å². The number of carboxylic acids is 1. The van der Waals surface area contributed by atoms with Crippen LogP contribution >= 0.6 is 11.6 Å². The molecule has 0 aromatic heterocycles. The number of hydrogen-bond acceptors (Lipinski definition) is 3. The largest absolute Gasteiger partial charge is 0.479 e. The number of amides is 1. The molecule has 0 spiro atoms. The highest BCUT2D eigenvalue weighted by Gasteiger charge is 2.36. The van der Waals surface area contributed by atoms with E-state index < -0.39 is 18.1 Å². The number of carboxylic acid groups (broad SMARTS) is 1. The quantitative estimate of drug-likeness (QED) is 0.921. The fraction of sp³-hybridized carbons (Fsp3) is 0.222. The van der Waals surface area contributed by atoms with Gasteiger partial charge >= 0.3 is 12.1 Å². The minimum absolute atomic E-state index is 0.107. The molecule has 0 aliphatic carbocycles. The number of fused-ring (bicyclic) bond motifs is 1. The van der Waals surface area contributed by atoms with Crippen molar-refractivity contribution in [3.05, 3.63) is 70.2 Å². The number of hydrogen-bond donors (Lipinski definition) is 1. The van der Waals surface area contributed by atoms with E-state index in [9.17, 15) is 14.7 Å². The summed E-state index contributed by atoms with van der Waals surface area (Å²) in [4.78, 5) is 25.3. The van der Waals surface area contributed by atoms with Crippen LogP contribution in [0.3, 0.4) is 0 Å². The average molecular weight is 346 g/mol. The van der Waals surface area contributed by atoms with Crippen LogP contribution in [0.1, 0.15) is 22.7 Å². The van der Waals surface area contributed by atoms with E-state index in [1.54, 1.807) is 18.2 Å². The SMILES string of the molecule is O=C(O)[C@@H]1c2ccc(Cl)cc2CCN1C(=O)OCc1ccccc1. The van der Waals surface area contributed by atoms with Gasteiger partial charge in [0.05, 0.1) is 0 Å². The molecule has 0 bridgehead atoms. The number of rotatable bonds is 3. The Labute approximate surface area is 144 Å². The third-order valence-electron chi connectivity index (χ3n) is 4.01. The Morgan fingerprint density at radius 1 is 1.21 bits per heavy atom. The number of carbonyl (C=O) groups excluding carboxylic acids is 1. The summed E-state index contributed by atoms with van der Waals surface area (Å²) in [6.45, 7) is 0.383. The van der Waals surface area contributed by atoms with Crippen molar-refractivity contribution < 1.29 is 19.4 Å². The van der Waals surface area contributed by atoms with Gasteiger partial charge in [-0.25, -0.2) is 9.59 Å². The van der Waals surface area contributed by atoms with Gasteiger partial charge in [-0.3, -0.25) is 4.90 Å². The molecule has 1 atom stereocenters. The fourth-order valence-electron chi connectivity index (χ4n) is 2.86. The summed E-state index contributed by atoms with van der Waals surface area (Å²) in [5.74, 6) is -1.09. The fourth-order valence-corrected chi connectivity index (χ4v) is 3.06. The van der Waals surface area contributed by atoms with Gasteiger partial charge in [-0.1, -0.05) is 48.0 Å². The molecule has 0 saturated heterocycles. The molecule has 0 saturated carbocycles. The van der Waals surface area contributed by atoms with E-state index in [1.165, 1.54) is 4.90 Å². The van der Waals surface area contributed by atoms with Crippen molar-refractivity contribution in [2.45, 2.75) is 19.1 Å². The third kappa shape index (κ3) is 3.36. The van der Waals surface area contributed by atoms with Gasteiger partial charge < -0.3 is 9.84 Å². The standard InChI is InChI=1S/C18H16ClNO4/c19-14-6-7-15-13(10-14)8-9-20(16(15)17(21)22)18(23)24-11-12-4-2-1-3-5-12/h1-7,10,16H,8-9,11H2,(H,21,22)/t16-/m0/s1. The predicted molar refractivity (Wildman–Crippen MR) is 88.9 cm³/mol. The van der Waals surface area contributed by atoms with E-state index in [-0.39, 0.29) is 13.2 Å². The molecule has 0 radical (unpaired) electrons. The summed E-state index contributed by atoms with van der Waals surface area (Å²) in [7, 11) is 0. The topological polar surface area (TPSA) is 66.8 Å². The van der Waals surface area contributed by atoms with Crippen LogP contribution in [0.4, 0.5) is 4.79 Å². The zero-order chi connectivity index (χ0) is 17.1. The van der Waals surface area contributed by atoms with Crippen molar-refractivity contribution in [1.82, 2.24) is 4.90 Å². The van der Waals surface area contributed by atoms with E-state index in [4.69, 9.17) is 16.3 Å². The molecule has 6 heteroatoms. The monoisotopic (exact) mass is 345 g/mol. The van der Waals surface area contributed by atoms with Gasteiger partial charge in [0, 0.05) is 11.6 Å². The van der Waals surface area contributed by atoms with Gasteiger partial charge in [-0.2, -0.15) is 0 Å². The molecule has 0 unspecified atom stereocenters. The number of benzene rings is 2. The molecule has 1 aliphatic heterocycles. The van der Waals surface area contributed by atoms with E-state index >= 15 is 0 Å². The molecule has 124 valence electrons. The van der Waals surface area contributed by atoms with Crippen LogP contribution in [0.25, 0.3) is 0 Å².